The normalized spacial score (nSPS) is 14.1. The van der Waals surface area contributed by atoms with E-state index in [4.69, 9.17) is 0 Å². The van der Waals surface area contributed by atoms with E-state index in [1.54, 1.807) is 0 Å². The van der Waals surface area contributed by atoms with E-state index in [0.717, 1.165) is 0 Å². The smallest absolute Gasteiger partial charge is 0.875 e. The van der Waals surface area contributed by atoms with Crippen molar-refractivity contribution in [3.05, 3.63) is 35.5 Å². The van der Waals surface area contributed by atoms with E-state index >= 15 is 0 Å². The van der Waals surface area contributed by atoms with Crippen LogP contribution in [0.3, 0.4) is 0 Å². The molecule has 6 nitrogen and oxygen atoms in total. The first-order valence-electron chi connectivity index (χ1n) is 13.5. The third kappa shape index (κ3) is 21.1. The number of carbonyl (C=O) groups excluding carboxylic acids is 3. The molecule has 0 amide bonds. The van der Waals surface area contributed by atoms with Gasteiger partial charge in [0.15, 0.2) is 17.3 Å². The van der Waals surface area contributed by atoms with Crippen LogP contribution in [0.15, 0.2) is 35.5 Å². The van der Waals surface area contributed by atoms with E-state index in [-0.39, 0.29) is 54.1 Å². The molecule has 0 saturated heterocycles. The van der Waals surface area contributed by atoms with Crippen molar-refractivity contribution < 1.29 is 49.2 Å². The molecule has 0 aliphatic heterocycles. The predicted molar refractivity (Wildman–Crippen MR) is 156 cm³/mol. The Balaban J connectivity index is -0.000000240. The molecule has 0 aromatic heterocycles. The van der Waals surface area contributed by atoms with Crippen molar-refractivity contribution in [2.75, 3.05) is 0 Å². The Morgan fingerprint density at radius 2 is 0.475 bits per heavy atom. The topological polar surface area (TPSA) is 120 Å². The van der Waals surface area contributed by atoms with E-state index < -0.39 is 32.5 Å². The second-order valence-electron chi connectivity index (χ2n) is 16.1. The maximum absolute atomic E-state index is 11.4. The largest absolute Gasteiger partial charge is 3.00 e. The molecular formula is C33H57O6Ru. The van der Waals surface area contributed by atoms with E-state index in [9.17, 15) is 29.7 Å². The van der Waals surface area contributed by atoms with Gasteiger partial charge in [-0.1, -0.05) is 125 Å². The fourth-order valence-corrected chi connectivity index (χ4v) is 1.66. The van der Waals surface area contributed by atoms with Crippen LogP contribution in [-0.4, -0.2) is 17.3 Å². The standard InChI is InChI=1S/3C11H20O2.Ru/c3*1-10(2,3)8(12)7-9(13)11(4,5)6;/h3*7,12H,1-6H3;/q;;;+3/p-3. The molecule has 0 atom stereocenters. The summed E-state index contributed by atoms with van der Waals surface area (Å²) < 4.78 is 0. The molecular weight excluding hydrogens is 593 g/mol. The Morgan fingerprint density at radius 1 is 0.350 bits per heavy atom. The third-order valence-corrected chi connectivity index (χ3v) is 5.22. The fraction of sp³-hybridized carbons (Fsp3) is 0.727. The van der Waals surface area contributed by atoms with E-state index in [1.807, 2.05) is 125 Å². The molecule has 0 unspecified atom stereocenters. The van der Waals surface area contributed by atoms with Crippen molar-refractivity contribution in [3.8, 4) is 0 Å². The maximum atomic E-state index is 11.4. The summed E-state index contributed by atoms with van der Waals surface area (Å²) >= 11 is 0. The summed E-state index contributed by atoms with van der Waals surface area (Å²) in [6, 6.07) is 0. The Hall–Kier alpha value is -1.75. The minimum Gasteiger partial charge on any atom is -0.875 e. The van der Waals surface area contributed by atoms with Gasteiger partial charge < -0.3 is 15.3 Å². The maximum Gasteiger partial charge on any atom is 3.00 e. The molecule has 0 saturated carbocycles. The molecule has 1 radical (unpaired) electrons. The van der Waals surface area contributed by atoms with Gasteiger partial charge in [0.2, 0.25) is 0 Å². The summed E-state index contributed by atoms with van der Waals surface area (Å²) in [5.74, 6) is -0.625. The zero-order chi connectivity index (χ0) is 32.6. The average molecular weight is 651 g/mol. The second kappa shape index (κ2) is 16.0. The average Bonchev–Trinajstić information content (AvgIpc) is 2.64. The fourth-order valence-electron chi connectivity index (χ4n) is 1.66. The number of hydrogen-bond acceptors (Lipinski definition) is 6. The molecule has 0 aliphatic rings. The number of ketones is 3. The van der Waals surface area contributed by atoms with Gasteiger partial charge in [-0.25, -0.2) is 0 Å². The van der Waals surface area contributed by atoms with Gasteiger partial charge in [0, 0.05) is 16.2 Å². The molecule has 0 aromatic carbocycles. The van der Waals surface area contributed by atoms with Crippen LogP contribution < -0.4 is 15.3 Å². The molecule has 0 spiro atoms. The van der Waals surface area contributed by atoms with Gasteiger partial charge in [-0.05, 0) is 34.5 Å². The first-order chi connectivity index (χ1) is 16.6. The molecule has 0 aliphatic carbocycles. The molecule has 40 heavy (non-hydrogen) atoms. The molecule has 0 fully saturated rings. The van der Waals surface area contributed by atoms with Gasteiger partial charge in [-0.2, -0.15) is 0 Å². The van der Waals surface area contributed by atoms with E-state index in [0.29, 0.717) is 0 Å². The number of carbonyl (C=O) groups is 3. The van der Waals surface area contributed by atoms with Crippen LogP contribution in [0, 0.1) is 32.5 Å². The van der Waals surface area contributed by atoms with Crippen molar-refractivity contribution in [1.29, 1.82) is 0 Å². The summed E-state index contributed by atoms with van der Waals surface area (Å²) in [4.78, 5) is 34.3. The van der Waals surface area contributed by atoms with Gasteiger partial charge >= 0.3 is 19.5 Å². The van der Waals surface area contributed by atoms with Crippen LogP contribution in [0.25, 0.3) is 0 Å². The minimum atomic E-state index is -0.457. The Kier molecular flexibility index (Phi) is 18.1. The summed E-state index contributed by atoms with van der Waals surface area (Å²) in [5, 5.41) is 34.3. The van der Waals surface area contributed by atoms with Crippen LogP contribution in [0.4, 0.5) is 0 Å². The molecule has 233 valence electrons. The zero-order valence-electron chi connectivity index (χ0n) is 28.5. The first-order valence-corrected chi connectivity index (χ1v) is 13.5. The summed E-state index contributed by atoms with van der Waals surface area (Å²) in [6.07, 6.45) is 3.67. The van der Waals surface area contributed by atoms with Crippen molar-refractivity contribution in [2.24, 2.45) is 32.5 Å². The molecule has 0 heterocycles. The van der Waals surface area contributed by atoms with E-state index in [1.165, 1.54) is 18.2 Å². The number of rotatable bonds is 3. The van der Waals surface area contributed by atoms with Crippen molar-refractivity contribution in [1.82, 2.24) is 0 Å². The van der Waals surface area contributed by atoms with Gasteiger partial charge in [0.05, 0.1) is 0 Å². The Bertz CT molecular complexity index is 801. The Morgan fingerprint density at radius 3 is 0.550 bits per heavy atom. The monoisotopic (exact) mass is 651 g/mol. The summed E-state index contributed by atoms with van der Waals surface area (Å²) in [6.45, 7) is 32.5. The first kappa shape index (κ1) is 45.2. The quantitative estimate of drug-likeness (QED) is 0.220. The number of allylic oxidation sites excluding steroid dienone is 6. The van der Waals surface area contributed by atoms with Gasteiger partial charge in [0.1, 0.15) is 0 Å². The summed E-state index contributed by atoms with van der Waals surface area (Å²) in [5.41, 5.74) is -2.74. The van der Waals surface area contributed by atoms with Gasteiger partial charge in [-0.15, -0.1) is 17.3 Å². The van der Waals surface area contributed by atoms with Crippen LogP contribution in [0.1, 0.15) is 125 Å². The zero-order valence-corrected chi connectivity index (χ0v) is 30.3. The Labute approximate surface area is 258 Å². The SMILES string of the molecule is CC(C)(C)C(=O)C=C([O-])C(C)(C)C.CC(C)(C)C(=O)C=C([O-])C(C)(C)C.CC(C)(C)C(=O)C=C([O-])C(C)(C)C.[Ru+3]. The third-order valence-electron chi connectivity index (χ3n) is 5.22. The number of hydrogen-bond donors (Lipinski definition) is 0. The van der Waals surface area contributed by atoms with E-state index in [2.05, 4.69) is 0 Å². The van der Waals surface area contributed by atoms with Gasteiger partial charge in [-0.3, -0.25) is 14.4 Å². The van der Waals surface area contributed by atoms with Crippen molar-refractivity contribution >= 4 is 17.3 Å². The van der Waals surface area contributed by atoms with Crippen molar-refractivity contribution in [2.45, 2.75) is 125 Å². The van der Waals surface area contributed by atoms with Crippen LogP contribution >= 0.6 is 0 Å². The van der Waals surface area contributed by atoms with Crippen molar-refractivity contribution in [3.63, 3.8) is 0 Å². The van der Waals surface area contributed by atoms with Crippen LogP contribution in [-0.2, 0) is 33.9 Å². The predicted octanol–water partition coefficient (Wildman–Crippen LogP) is 5.67. The van der Waals surface area contributed by atoms with Crippen LogP contribution in [0.5, 0.6) is 0 Å². The minimum absolute atomic E-state index is 0. The molecule has 0 aromatic rings. The molecule has 0 bridgehead atoms. The van der Waals surface area contributed by atoms with Crippen LogP contribution in [0.2, 0.25) is 0 Å². The molecule has 0 N–H and O–H groups in total. The van der Waals surface area contributed by atoms with Gasteiger partial charge in [0.25, 0.3) is 0 Å². The molecule has 0 rings (SSSR count). The second-order valence-corrected chi connectivity index (χ2v) is 16.1. The summed E-state index contributed by atoms with van der Waals surface area (Å²) in [7, 11) is 0. The molecule has 7 heteroatoms.